The Kier molecular flexibility index (Phi) is 5.80. The molecule has 0 atom stereocenters. The van der Waals surface area contributed by atoms with Crippen LogP contribution in [-0.2, 0) is 36.3 Å². The van der Waals surface area contributed by atoms with Gasteiger partial charge in [0.25, 0.3) is 0 Å². The first-order valence-electron chi connectivity index (χ1n) is 11.5. The number of nitrogens with zero attached hydrogens (tertiary/aromatic N) is 4. The summed E-state index contributed by atoms with van der Waals surface area (Å²) < 4.78 is 16.2. The van der Waals surface area contributed by atoms with Crippen LogP contribution in [0.3, 0.4) is 0 Å². The van der Waals surface area contributed by atoms with E-state index in [4.69, 9.17) is 19.7 Å². The minimum atomic E-state index is -1.11. The van der Waals surface area contributed by atoms with Gasteiger partial charge in [-0.25, -0.2) is 0 Å². The molecule has 0 saturated carbocycles. The van der Waals surface area contributed by atoms with E-state index >= 15 is 0 Å². The first-order valence-corrected chi connectivity index (χ1v) is 11.5. The fourth-order valence-corrected chi connectivity index (χ4v) is 4.61. The second-order valence-electron chi connectivity index (χ2n) is 8.48. The molecule has 0 bridgehead atoms. The molecule has 1 saturated heterocycles. The molecule has 7 heteroatoms. The standard InChI is InChI=1S/C29H20N4O2.Pt/c1-3-13-27-21(7-1)19-32(30-27)25-11-5-9-23(17-25)29(34-15-16-35-29)24-10-6-12-26(18-24)33-20-22-8-2-4-14-28(22)31-33;/h1-14,19-20H,15-16H2;/q-2;+2. The van der Waals surface area contributed by atoms with Crippen molar-refractivity contribution in [2.75, 3.05) is 13.2 Å². The summed E-state index contributed by atoms with van der Waals surface area (Å²) in [4.78, 5) is 0. The first kappa shape index (κ1) is 22.9. The fourth-order valence-electron chi connectivity index (χ4n) is 4.61. The van der Waals surface area contributed by atoms with Gasteiger partial charge in [-0.15, -0.1) is 24.3 Å². The first-order chi connectivity index (χ1) is 17.3. The zero-order valence-corrected chi connectivity index (χ0v) is 21.3. The van der Waals surface area contributed by atoms with Gasteiger partial charge in [-0.3, -0.25) is 9.36 Å². The predicted molar refractivity (Wildman–Crippen MR) is 132 cm³/mol. The smallest absolute Gasteiger partial charge is 0.343 e. The number of rotatable bonds is 4. The molecular weight excluding hydrogens is 631 g/mol. The van der Waals surface area contributed by atoms with Gasteiger partial charge in [0.05, 0.1) is 24.2 Å². The van der Waals surface area contributed by atoms with Gasteiger partial charge >= 0.3 is 21.1 Å². The molecule has 0 radical (unpaired) electrons. The Hall–Kier alpha value is -3.57. The quantitative estimate of drug-likeness (QED) is 0.246. The van der Waals surface area contributed by atoms with E-state index in [1.54, 1.807) is 0 Å². The van der Waals surface area contributed by atoms with Crippen LogP contribution in [0.25, 0.3) is 33.2 Å². The topological polar surface area (TPSA) is 54.1 Å². The van der Waals surface area contributed by atoms with Crippen molar-refractivity contribution in [2.45, 2.75) is 5.79 Å². The molecule has 36 heavy (non-hydrogen) atoms. The van der Waals surface area contributed by atoms with Gasteiger partial charge in [0.15, 0.2) is 5.79 Å². The van der Waals surface area contributed by atoms with Crippen LogP contribution < -0.4 is 0 Å². The van der Waals surface area contributed by atoms with Gasteiger partial charge < -0.3 is 9.47 Å². The minimum Gasteiger partial charge on any atom is -0.343 e. The maximum atomic E-state index is 6.27. The Labute approximate surface area is 222 Å². The van der Waals surface area contributed by atoms with Crippen LogP contribution in [0, 0.1) is 12.1 Å². The molecule has 0 N–H and O–H groups in total. The molecule has 0 unspecified atom stereocenters. The largest absolute Gasteiger partial charge is 2.00 e. The van der Waals surface area contributed by atoms with Gasteiger partial charge in [-0.1, -0.05) is 47.5 Å². The van der Waals surface area contributed by atoms with Crippen molar-refractivity contribution in [1.82, 2.24) is 19.6 Å². The fraction of sp³-hybridized carbons (Fsp3) is 0.103. The average Bonchev–Trinajstić information content (AvgIpc) is 3.67. The zero-order chi connectivity index (χ0) is 23.2. The summed E-state index contributed by atoms with van der Waals surface area (Å²) in [6, 6.07) is 34.9. The molecule has 1 aliphatic heterocycles. The number of aromatic nitrogens is 4. The van der Waals surface area contributed by atoms with Crippen molar-refractivity contribution in [3.63, 3.8) is 0 Å². The summed E-state index contributed by atoms with van der Waals surface area (Å²) in [7, 11) is 0. The monoisotopic (exact) mass is 651 g/mol. The van der Waals surface area contributed by atoms with Crippen LogP contribution in [-0.4, -0.2) is 32.8 Å². The average molecular weight is 652 g/mol. The third-order valence-corrected chi connectivity index (χ3v) is 6.28. The molecule has 4 aromatic carbocycles. The van der Waals surface area contributed by atoms with Gasteiger partial charge in [0, 0.05) is 23.2 Å². The number of fused-ring (bicyclic) bond motifs is 2. The molecular formula is C29H20N4O2Pt. The van der Waals surface area contributed by atoms with Gasteiger partial charge in [-0.2, -0.15) is 34.5 Å². The second-order valence-corrected chi connectivity index (χ2v) is 8.48. The molecule has 1 fully saturated rings. The molecule has 178 valence electrons. The Morgan fingerprint density at radius 3 is 1.56 bits per heavy atom. The Morgan fingerprint density at radius 1 is 0.611 bits per heavy atom. The van der Waals surface area contributed by atoms with Crippen LogP contribution in [0.2, 0.25) is 0 Å². The molecule has 0 amide bonds. The summed E-state index contributed by atoms with van der Waals surface area (Å²) in [5.41, 5.74) is 5.03. The summed E-state index contributed by atoms with van der Waals surface area (Å²) in [6.45, 7) is 0.959. The SMILES string of the molecule is [Pt+2].[c-]1c(-n2cc3ccccc3n2)cccc1C1(c2[c-]c(-n3cc4ccccc4n3)ccc2)OCCO1. The number of ether oxygens (including phenoxy) is 2. The molecule has 6 nitrogen and oxygen atoms in total. The molecule has 6 aromatic rings. The Morgan fingerprint density at radius 2 is 1.08 bits per heavy atom. The maximum absolute atomic E-state index is 6.27. The molecule has 2 aromatic heterocycles. The van der Waals surface area contributed by atoms with E-state index < -0.39 is 5.79 Å². The third kappa shape index (κ3) is 3.79. The van der Waals surface area contributed by atoms with E-state index in [1.165, 1.54) is 0 Å². The van der Waals surface area contributed by atoms with Crippen LogP contribution >= 0.6 is 0 Å². The molecule has 1 aliphatic rings. The Balaban J connectivity index is 0.00000240. The number of benzene rings is 4. The van der Waals surface area contributed by atoms with Crippen molar-refractivity contribution in [3.05, 3.63) is 121 Å². The minimum absolute atomic E-state index is 0. The third-order valence-electron chi connectivity index (χ3n) is 6.28. The van der Waals surface area contributed by atoms with E-state index in [0.717, 1.165) is 44.3 Å². The van der Waals surface area contributed by atoms with E-state index in [0.29, 0.717) is 13.2 Å². The van der Waals surface area contributed by atoms with E-state index in [1.807, 2.05) is 107 Å². The van der Waals surface area contributed by atoms with Gasteiger partial charge in [0.2, 0.25) is 0 Å². The van der Waals surface area contributed by atoms with Crippen LogP contribution in [0.4, 0.5) is 0 Å². The maximum Gasteiger partial charge on any atom is 2.00 e. The van der Waals surface area contributed by atoms with Gasteiger partial charge in [0.1, 0.15) is 0 Å². The zero-order valence-electron chi connectivity index (χ0n) is 19.1. The summed E-state index contributed by atoms with van der Waals surface area (Å²) in [6.07, 6.45) is 4.01. The Bertz CT molecular complexity index is 1500. The second kappa shape index (κ2) is 9.14. The molecule has 0 spiro atoms. The molecule has 7 rings (SSSR count). The van der Waals surface area contributed by atoms with Crippen LogP contribution in [0.5, 0.6) is 0 Å². The number of hydrogen-bond acceptors (Lipinski definition) is 4. The van der Waals surface area contributed by atoms with Crippen LogP contribution in [0.1, 0.15) is 11.1 Å². The van der Waals surface area contributed by atoms with Crippen molar-refractivity contribution in [3.8, 4) is 11.4 Å². The van der Waals surface area contributed by atoms with E-state index in [-0.39, 0.29) is 21.1 Å². The van der Waals surface area contributed by atoms with Crippen molar-refractivity contribution < 1.29 is 30.5 Å². The molecule has 0 aliphatic carbocycles. The van der Waals surface area contributed by atoms with Crippen molar-refractivity contribution >= 4 is 21.8 Å². The predicted octanol–water partition coefficient (Wildman–Crippen LogP) is 5.21. The van der Waals surface area contributed by atoms with Crippen LogP contribution in [0.15, 0.2) is 97.3 Å². The number of hydrogen-bond donors (Lipinski definition) is 0. The van der Waals surface area contributed by atoms with Crippen molar-refractivity contribution in [2.24, 2.45) is 0 Å². The van der Waals surface area contributed by atoms with E-state index in [2.05, 4.69) is 12.1 Å². The summed E-state index contributed by atoms with van der Waals surface area (Å²) in [5.74, 6) is -1.11. The van der Waals surface area contributed by atoms with Gasteiger partial charge in [-0.05, 0) is 23.5 Å². The summed E-state index contributed by atoms with van der Waals surface area (Å²) >= 11 is 0. The normalized spacial score (nSPS) is 14.8. The summed E-state index contributed by atoms with van der Waals surface area (Å²) in [5, 5.41) is 11.6. The van der Waals surface area contributed by atoms with Crippen molar-refractivity contribution in [1.29, 1.82) is 0 Å². The molecule has 3 heterocycles. The van der Waals surface area contributed by atoms with E-state index in [9.17, 15) is 0 Å².